The molecule has 0 aliphatic rings. The molecular weight excluding hydrogens is 255 g/mol. The van der Waals surface area contributed by atoms with Crippen LogP contribution in [0.1, 0.15) is 53.4 Å². The number of hydrogen-bond donors (Lipinski definition) is 0. The Balaban J connectivity index is 4.26. The lowest BCUT2D eigenvalue weighted by molar-refractivity contribution is -0.142. The van der Waals surface area contributed by atoms with Crippen molar-refractivity contribution in [3.05, 3.63) is 0 Å². The summed E-state index contributed by atoms with van der Waals surface area (Å²) in [6, 6.07) is 0. The monoisotopic (exact) mass is 278 g/mol. The Kier molecular flexibility index (Phi) is 8.73. The highest BCUT2D eigenvalue weighted by Gasteiger charge is 2.22. The molecule has 0 rings (SSSR count). The molecule has 0 radical (unpaired) electrons. The van der Waals surface area contributed by atoms with Crippen molar-refractivity contribution in [2.45, 2.75) is 53.4 Å². The van der Waals surface area contributed by atoms with Crippen LogP contribution >= 0.6 is 8.25 Å². The van der Waals surface area contributed by atoms with Crippen molar-refractivity contribution in [3.63, 3.8) is 0 Å². The first-order valence-electron chi connectivity index (χ1n) is 6.47. The van der Waals surface area contributed by atoms with E-state index in [1.54, 1.807) is 0 Å². The molecule has 0 saturated carbocycles. The van der Waals surface area contributed by atoms with Crippen LogP contribution in [0.15, 0.2) is 0 Å². The molecule has 0 atom stereocenters. The molecule has 106 valence electrons. The van der Waals surface area contributed by atoms with Crippen LogP contribution in [0, 0.1) is 11.8 Å². The summed E-state index contributed by atoms with van der Waals surface area (Å²) >= 11 is 0. The third-order valence-corrected chi connectivity index (χ3v) is 3.74. The zero-order valence-electron chi connectivity index (χ0n) is 11.5. The molecule has 0 spiro atoms. The van der Waals surface area contributed by atoms with Crippen LogP contribution in [0.5, 0.6) is 0 Å². The molecule has 0 aliphatic heterocycles. The Labute approximate surface area is 109 Å². The lowest BCUT2D eigenvalue weighted by Gasteiger charge is -2.14. The fourth-order valence-electron chi connectivity index (χ4n) is 1.60. The summed E-state index contributed by atoms with van der Waals surface area (Å²) in [5, 5.41) is 0. The van der Waals surface area contributed by atoms with Gasteiger partial charge in [-0.25, -0.2) is 4.57 Å². The normalized spacial score (nSPS) is 11.1. The highest BCUT2D eigenvalue weighted by Crippen LogP contribution is 2.29. The smallest absolute Gasteiger partial charge is 0.385 e. The molecule has 6 heteroatoms. The van der Waals surface area contributed by atoms with Gasteiger partial charge in [-0.05, 0) is 25.7 Å². The van der Waals surface area contributed by atoms with Crippen molar-refractivity contribution in [1.29, 1.82) is 0 Å². The van der Waals surface area contributed by atoms with Crippen LogP contribution in [0.25, 0.3) is 0 Å². The third-order valence-electron chi connectivity index (χ3n) is 3.01. The molecule has 0 aromatic carbocycles. The van der Waals surface area contributed by atoms with Crippen LogP contribution in [0.3, 0.4) is 0 Å². The van der Waals surface area contributed by atoms with E-state index in [-0.39, 0.29) is 11.8 Å². The van der Waals surface area contributed by atoms with Crippen molar-refractivity contribution >= 4 is 20.2 Å². The van der Waals surface area contributed by atoms with E-state index in [0.717, 1.165) is 0 Å². The number of rotatable bonds is 8. The van der Waals surface area contributed by atoms with E-state index in [1.807, 2.05) is 27.7 Å². The molecule has 0 N–H and O–H groups in total. The van der Waals surface area contributed by atoms with Crippen LogP contribution in [0.4, 0.5) is 0 Å². The minimum Gasteiger partial charge on any atom is -0.385 e. The van der Waals surface area contributed by atoms with Gasteiger partial charge in [0, 0.05) is 0 Å². The second-order valence-corrected chi connectivity index (χ2v) is 5.03. The molecule has 0 amide bonds. The van der Waals surface area contributed by atoms with Crippen LogP contribution in [-0.2, 0) is 23.2 Å². The summed E-state index contributed by atoms with van der Waals surface area (Å²) in [6.45, 7) is 7.40. The molecule has 0 aromatic heterocycles. The molecule has 0 fully saturated rings. The van der Waals surface area contributed by atoms with E-state index < -0.39 is 20.2 Å². The Hall–Kier alpha value is -0.830. The summed E-state index contributed by atoms with van der Waals surface area (Å²) < 4.78 is 20.8. The highest BCUT2D eigenvalue weighted by molar-refractivity contribution is 7.34. The Morgan fingerprint density at radius 1 is 0.833 bits per heavy atom. The first-order chi connectivity index (χ1) is 8.49. The van der Waals surface area contributed by atoms with Crippen LogP contribution < -0.4 is 0 Å². The van der Waals surface area contributed by atoms with Crippen LogP contribution in [-0.4, -0.2) is 11.9 Å². The molecule has 0 heterocycles. The molecule has 5 nitrogen and oxygen atoms in total. The number of carbonyl (C=O) groups is 2. The van der Waals surface area contributed by atoms with Crippen molar-refractivity contribution in [2.24, 2.45) is 11.8 Å². The summed E-state index contributed by atoms with van der Waals surface area (Å²) in [6.07, 6.45) is 2.46. The molecule has 0 aliphatic carbocycles. The molecule has 0 aromatic rings. The number of hydrogen-bond acceptors (Lipinski definition) is 5. The molecular formula is C12H23O5P. The van der Waals surface area contributed by atoms with Crippen molar-refractivity contribution in [2.75, 3.05) is 0 Å². The summed E-state index contributed by atoms with van der Waals surface area (Å²) in [5.41, 5.74) is 0. The van der Waals surface area contributed by atoms with Gasteiger partial charge >= 0.3 is 20.2 Å². The molecule has 0 unspecified atom stereocenters. The van der Waals surface area contributed by atoms with Gasteiger partial charge in [0.05, 0.1) is 11.8 Å². The molecule has 0 saturated heterocycles. The van der Waals surface area contributed by atoms with E-state index >= 15 is 0 Å². The van der Waals surface area contributed by atoms with Gasteiger partial charge in [0.1, 0.15) is 0 Å². The predicted octanol–water partition coefficient (Wildman–Crippen LogP) is 3.33. The zero-order chi connectivity index (χ0) is 14.1. The Morgan fingerprint density at radius 2 is 1.11 bits per heavy atom. The summed E-state index contributed by atoms with van der Waals surface area (Å²) in [7, 11) is -3.07. The van der Waals surface area contributed by atoms with Crippen LogP contribution in [0.2, 0.25) is 0 Å². The minimum absolute atomic E-state index is 0.286. The maximum Gasteiger partial charge on any atom is 0.423 e. The average molecular weight is 278 g/mol. The van der Waals surface area contributed by atoms with E-state index in [0.29, 0.717) is 25.7 Å². The second-order valence-electron chi connectivity index (χ2n) is 4.12. The fraction of sp³-hybridized carbons (Fsp3) is 0.833. The lowest BCUT2D eigenvalue weighted by atomic mass is 10.0. The summed E-state index contributed by atoms with van der Waals surface area (Å²) in [4.78, 5) is 23.0. The predicted molar refractivity (Wildman–Crippen MR) is 69.3 cm³/mol. The standard InChI is InChI=1S/C12H23O5P/c1-5-9(6-2)11(13)16-18(15)17-12(14)10(7-3)8-4/h9-10,18H,5-8H2,1-4H3. The van der Waals surface area contributed by atoms with Gasteiger partial charge < -0.3 is 9.05 Å². The maximum absolute atomic E-state index is 11.5. The van der Waals surface area contributed by atoms with Crippen molar-refractivity contribution in [1.82, 2.24) is 0 Å². The van der Waals surface area contributed by atoms with E-state index in [4.69, 9.17) is 0 Å². The first-order valence-corrected chi connectivity index (χ1v) is 7.69. The average Bonchev–Trinajstić information content (AvgIpc) is 2.31. The van der Waals surface area contributed by atoms with E-state index in [9.17, 15) is 14.2 Å². The van der Waals surface area contributed by atoms with Gasteiger partial charge in [-0.1, -0.05) is 27.7 Å². The van der Waals surface area contributed by atoms with Gasteiger partial charge in [0.2, 0.25) is 0 Å². The largest absolute Gasteiger partial charge is 0.423 e. The topological polar surface area (TPSA) is 69.7 Å². The first kappa shape index (κ1) is 17.2. The second kappa shape index (κ2) is 9.15. The van der Waals surface area contributed by atoms with Gasteiger partial charge in [-0.3, -0.25) is 9.59 Å². The Morgan fingerprint density at radius 3 is 1.33 bits per heavy atom. The van der Waals surface area contributed by atoms with Gasteiger partial charge in [-0.15, -0.1) is 0 Å². The summed E-state index contributed by atoms with van der Waals surface area (Å²) in [5.74, 6) is -1.68. The van der Waals surface area contributed by atoms with Crippen molar-refractivity contribution in [3.8, 4) is 0 Å². The number of carbonyl (C=O) groups excluding carboxylic acids is 2. The highest BCUT2D eigenvalue weighted by atomic mass is 31.1. The van der Waals surface area contributed by atoms with E-state index in [2.05, 4.69) is 9.05 Å². The van der Waals surface area contributed by atoms with Gasteiger partial charge in [0.25, 0.3) is 0 Å². The van der Waals surface area contributed by atoms with E-state index in [1.165, 1.54) is 0 Å². The third kappa shape index (κ3) is 5.67. The molecule has 18 heavy (non-hydrogen) atoms. The zero-order valence-corrected chi connectivity index (χ0v) is 12.5. The maximum atomic E-state index is 11.5. The van der Waals surface area contributed by atoms with Gasteiger partial charge in [0.15, 0.2) is 0 Å². The minimum atomic E-state index is -3.07. The SMILES string of the molecule is CCC(CC)C(=O)O[PH](=O)OC(=O)C(CC)CC. The van der Waals surface area contributed by atoms with Gasteiger partial charge in [-0.2, -0.15) is 0 Å². The molecule has 0 bridgehead atoms. The lowest BCUT2D eigenvalue weighted by Crippen LogP contribution is -2.16. The Bertz CT molecular complexity index is 267. The quantitative estimate of drug-likeness (QED) is 0.637. The van der Waals surface area contributed by atoms with Crippen molar-refractivity contribution < 1.29 is 23.2 Å². The fourth-order valence-corrected chi connectivity index (χ4v) is 2.30.